The zero-order valence-electron chi connectivity index (χ0n) is 10.6. The van der Waals surface area contributed by atoms with Gasteiger partial charge in [-0.05, 0) is 37.6 Å². The van der Waals surface area contributed by atoms with Gasteiger partial charge in [-0.25, -0.2) is 13.9 Å². The van der Waals surface area contributed by atoms with Gasteiger partial charge >= 0.3 is 0 Å². The highest BCUT2D eigenvalue weighted by atomic mass is 32.2. The number of hydrogen-bond donors (Lipinski definition) is 1. The Morgan fingerprint density at radius 2 is 2.05 bits per heavy atom. The molecule has 1 heterocycles. The van der Waals surface area contributed by atoms with Crippen molar-refractivity contribution in [2.75, 3.05) is 23.2 Å². The number of benzene rings is 1. The summed E-state index contributed by atoms with van der Waals surface area (Å²) >= 11 is 0. The lowest BCUT2D eigenvalue weighted by atomic mass is 10.2. The van der Waals surface area contributed by atoms with Crippen LogP contribution in [0.4, 0.5) is 5.69 Å². The van der Waals surface area contributed by atoms with E-state index in [2.05, 4.69) is 5.48 Å². The molecule has 1 fully saturated rings. The van der Waals surface area contributed by atoms with Crippen LogP contribution in [0.3, 0.4) is 0 Å². The second-order valence-electron chi connectivity index (χ2n) is 4.15. The Bertz CT molecular complexity index is 554. The van der Waals surface area contributed by atoms with E-state index in [0.29, 0.717) is 30.8 Å². The molecule has 1 N–H and O–H groups in total. The van der Waals surface area contributed by atoms with E-state index in [1.807, 2.05) is 0 Å². The van der Waals surface area contributed by atoms with E-state index in [-0.39, 0.29) is 11.7 Å². The van der Waals surface area contributed by atoms with E-state index in [1.54, 1.807) is 31.2 Å². The van der Waals surface area contributed by atoms with Gasteiger partial charge in [0.25, 0.3) is 5.91 Å². The maximum atomic E-state index is 11.7. The average Bonchev–Trinajstić information content (AvgIpc) is 2.76. The summed E-state index contributed by atoms with van der Waals surface area (Å²) in [7, 11) is -3.18. The van der Waals surface area contributed by atoms with Crippen molar-refractivity contribution in [3.63, 3.8) is 0 Å². The van der Waals surface area contributed by atoms with Crippen LogP contribution in [-0.4, -0.2) is 33.2 Å². The Kier molecular flexibility index (Phi) is 4.06. The van der Waals surface area contributed by atoms with Crippen LogP contribution in [0.1, 0.15) is 23.7 Å². The summed E-state index contributed by atoms with van der Waals surface area (Å²) < 4.78 is 24.9. The maximum absolute atomic E-state index is 11.7. The standard InChI is InChI=1S/C12H16N2O4S/c1-2-18-13-12(15)10-4-6-11(7-5-10)14-8-3-9-19(14,16)17/h4-7H,2-3,8-9H2,1H3,(H,13,15). The monoisotopic (exact) mass is 284 g/mol. The average molecular weight is 284 g/mol. The van der Waals surface area contributed by atoms with Crippen molar-refractivity contribution in [3.8, 4) is 0 Å². The van der Waals surface area contributed by atoms with Gasteiger partial charge in [0.15, 0.2) is 0 Å². The van der Waals surface area contributed by atoms with Crippen LogP contribution in [0.15, 0.2) is 24.3 Å². The number of hydrogen-bond acceptors (Lipinski definition) is 4. The third kappa shape index (κ3) is 3.05. The third-order valence-electron chi connectivity index (χ3n) is 2.83. The van der Waals surface area contributed by atoms with Crippen molar-refractivity contribution in [1.82, 2.24) is 5.48 Å². The summed E-state index contributed by atoms with van der Waals surface area (Å²) in [6.45, 7) is 2.64. The number of nitrogens with one attached hydrogen (secondary N) is 1. The Labute approximate surface area is 112 Å². The summed E-state index contributed by atoms with van der Waals surface area (Å²) in [5, 5.41) is 0. The molecule has 1 aliphatic rings. The van der Waals surface area contributed by atoms with Gasteiger partial charge in [-0.3, -0.25) is 13.9 Å². The predicted octanol–water partition coefficient (Wildman–Crippen LogP) is 0.908. The number of nitrogens with zero attached hydrogens (tertiary/aromatic N) is 1. The van der Waals surface area contributed by atoms with Gasteiger partial charge in [0.05, 0.1) is 18.0 Å². The van der Waals surface area contributed by atoms with E-state index < -0.39 is 10.0 Å². The van der Waals surface area contributed by atoms with E-state index in [4.69, 9.17) is 4.84 Å². The van der Waals surface area contributed by atoms with Gasteiger partial charge in [0.1, 0.15) is 0 Å². The fraction of sp³-hybridized carbons (Fsp3) is 0.417. The molecule has 2 rings (SSSR count). The molecule has 0 aromatic heterocycles. The van der Waals surface area contributed by atoms with Crippen LogP contribution in [0.2, 0.25) is 0 Å². The van der Waals surface area contributed by atoms with Gasteiger partial charge in [-0.2, -0.15) is 0 Å². The molecule has 0 spiro atoms. The number of carbonyl (C=O) groups excluding carboxylic acids is 1. The van der Waals surface area contributed by atoms with Gasteiger partial charge in [0.2, 0.25) is 10.0 Å². The van der Waals surface area contributed by atoms with Crippen molar-refractivity contribution >= 4 is 21.6 Å². The lowest BCUT2D eigenvalue weighted by molar-refractivity contribution is 0.0364. The number of carbonyl (C=O) groups is 1. The topological polar surface area (TPSA) is 75.7 Å². The molecular weight excluding hydrogens is 268 g/mol. The molecule has 1 aliphatic heterocycles. The Morgan fingerprint density at radius 1 is 1.37 bits per heavy atom. The molecule has 1 saturated heterocycles. The fourth-order valence-corrected chi connectivity index (χ4v) is 3.47. The van der Waals surface area contributed by atoms with Crippen LogP contribution in [0.25, 0.3) is 0 Å². The third-order valence-corrected chi connectivity index (χ3v) is 4.70. The van der Waals surface area contributed by atoms with Crippen LogP contribution < -0.4 is 9.79 Å². The molecule has 0 unspecified atom stereocenters. The first-order chi connectivity index (χ1) is 9.04. The maximum Gasteiger partial charge on any atom is 0.274 e. The van der Waals surface area contributed by atoms with Crippen molar-refractivity contribution in [2.45, 2.75) is 13.3 Å². The zero-order valence-corrected chi connectivity index (χ0v) is 11.4. The van der Waals surface area contributed by atoms with Crippen molar-refractivity contribution in [1.29, 1.82) is 0 Å². The molecule has 0 radical (unpaired) electrons. The Balaban J connectivity index is 2.13. The van der Waals surface area contributed by atoms with Gasteiger partial charge in [-0.15, -0.1) is 0 Å². The summed E-state index contributed by atoms with van der Waals surface area (Å²) in [6.07, 6.45) is 0.634. The van der Waals surface area contributed by atoms with Crippen LogP contribution >= 0.6 is 0 Å². The van der Waals surface area contributed by atoms with E-state index in [9.17, 15) is 13.2 Å². The van der Waals surface area contributed by atoms with Crippen LogP contribution in [0.5, 0.6) is 0 Å². The number of sulfonamides is 1. The normalized spacial score (nSPS) is 17.4. The molecular formula is C12H16N2O4S. The molecule has 19 heavy (non-hydrogen) atoms. The lowest BCUT2D eigenvalue weighted by Gasteiger charge is -2.16. The molecule has 0 saturated carbocycles. The molecule has 104 valence electrons. The highest BCUT2D eigenvalue weighted by Crippen LogP contribution is 2.24. The SMILES string of the molecule is CCONC(=O)c1ccc(N2CCCS2(=O)=O)cc1. The lowest BCUT2D eigenvalue weighted by Crippen LogP contribution is -2.26. The Morgan fingerprint density at radius 3 is 2.58 bits per heavy atom. The number of hydroxylamine groups is 1. The van der Waals surface area contributed by atoms with Gasteiger partial charge < -0.3 is 0 Å². The first kappa shape index (κ1) is 13.8. The summed E-state index contributed by atoms with van der Waals surface area (Å²) in [6, 6.07) is 6.42. The number of rotatable bonds is 4. The van der Waals surface area contributed by atoms with Crippen molar-refractivity contribution in [3.05, 3.63) is 29.8 Å². The molecule has 0 bridgehead atoms. The fourth-order valence-electron chi connectivity index (χ4n) is 1.91. The largest absolute Gasteiger partial charge is 0.274 e. The predicted molar refractivity (Wildman–Crippen MR) is 71.3 cm³/mol. The highest BCUT2D eigenvalue weighted by Gasteiger charge is 2.28. The second kappa shape index (κ2) is 5.58. The molecule has 1 aromatic rings. The van der Waals surface area contributed by atoms with Gasteiger partial charge in [-0.1, -0.05) is 0 Å². The zero-order chi connectivity index (χ0) is 13.9. The molecule has 6 nitrogen and oxygen atoms in total. The first-order valence-electron chi connectivity index (χ1n) is 6.07. The molecule has 0 atom stereocenters. The van der Waals surface area contributed by atoms with E-state index in [1.165, 1.54) is 4.31 Å². The summed E-state index contributed by atoms with van der Waals surface area (Å²) in [4.78, 5) is 16.4. The van der Waals surface area contributed by atoms with E-state index >= 15 is 0 Å². The minimum atomic E-state index is -3.18. The minimum absolute atomic E-state index is 0.180. The van der Waals surface area contributed by atoms with Crippen molar-refractivity contribution in [2.24, 2.45) is 0 Å². The minimum Gasteiger partial charge on any atom is -0.274 e. The molecule has 1 aromatic carbocycles. The first-order valence-corrected chi connectivity index (χ1v) is 7.68. The quantitative estimate of drug-likeness (QED) is 0.834. The second-order valence-corrected chi connectivity index (χ2v) is 6.17. The molecule has 0 aliphatic carbocycles. The highest BCUT2D eigenvalue weighted by molar-refractivity contribution is 7.93. The number of amides is 1. The summed E-state index contributed by atoms with van der Waals surface area (Å²) in [5.41, 5.74) is 3.30. The Hall–Kier alpha value is -1.60. The van der Waals surface area contributed by atoms with Crippen LogP contribution in [-0.2, 0) is 14.9 Å². The number of anilines is 1. The smallest absolute Gasteiger partial charge is 0.274 e. The van der Waals surface area contributed by atoms with Crippen molar-refractivity contribution < 1.29 is 18.0 Å². The van der Waals surface area contributed by atoms with E-state index in [0.717, 1.165) is 0 Å². The summed E-state index contributed by atoms with van der Waals surface area (Å²) in [5.74, 6) is -0.169. The molecule has 7 heteroatoms. The van der Waals surface area contributed by atoms with Gasteiger partial charge in [0, 0.05) is 12.1 Å². The molecule has 1 amide bonds. The van der Waals surface area contributed by atoms with Crippen LogP contribution in [0, 0.1) is 0 Å².